The summed E-state index contributed by atoms with van der Waals surface area (Å²) in [5, 5.41) is 0. The molecule has 0 atom stereocenters. The van der Waals surface area contributed by atoms with Gasteiger partial charge in [-0.3, -0.25) is 0 Å². The summed E-state index contributed by atoms with van der Waals surface area (Å²) in [6, 6.07) is 0. The molecule has 0 nitrogen and oxygen atoms in total. The molecular weight excluding hydrogens is 153 g/mol. The fraction of sp³-hybridized carbons (Fsp3) is 1.00. The van der Waals surface area contributed by atoms with Crippen molar-refractivity contribution in [3.63, 3.8) is 0 Å². The van der Waals surface area contributed by atoms with Gasteiger partial charge in [-0.1, -0.05) is 13.8 Å². The van der Waals surface area contributed by atoms with Crippen LogP contribution in [0.15, 0.2) is 0 Å². The van der Waals surface area contributed by atoms with Gasteiger partial charge in [0.2, 0.25) is 0 Å². The topological polar surface area (TPSA) is 0 Å². The van der Waals surface area contributed by atoms with Gasteiger partial charge in [-0.05, 0) is 0 Å². The Balaban J connectivity index is -0.00000000500. The molecule has 0 aliphatic carbocycles. The van der Waals surface area contributed by atoms with E-state index in [2.05, 4.69) is 0 Å². The van der Waals surface area contributed by atoms with Crippen LogP contribution in [0.4, 0.5) is 0 Å². The van der Waals surface area contributed by atoms with Crippen LogP contribution in [0, 0.1) is 37.7 Å². The quantitative estimate of drug-likeness (QED) is 0.494. The van der Waals surface area contributed by atoms with Crippen LogP contribution in [0.5, 0.6) is 0 Å². The summed E-state index contributed by atoms with van der Waals surface area (Å²) in [4.78, 5) is 0. The zero-order chi connectivity index (χ0) is 2.00. The Labute approximate surface area is 82.6 Å². The Bertz CT molecular complexity index is 6.00. The molecule has 0 amide bonds. The second-order valence-electron chi connectivity index (χ2n) is 0. The van der Waals surface area contributed by atoms with Gasteiger partial charge in [0.05, 0.1) is 0 Å². The van der Waals surface area contributed by atoms with E-state index in [1.807, 2.05) is 13.8 Å². The smallest absolute Gasteiger partial charge is 0 e. The molecule has 0 heterocycles. The zero-order valence-corrected chi connectivity index (χ0v) is 6.48. The first kappa shape index (κ1) is 16.2. The van der Waals surface area contributed by atoms with Crippen molar-refractivity contribution in [1.82, 2.24) is 0 Å². The zero-order valence-electron chi connectivity index (χ0n) is 2.93. The van der Waals surface area contributed by atoms with E-state index in [4.69, 9.17) is 0 Å². The molecule has 4 heavy (non-hydrogen) atoms. The van der Waals surface area contributed by atoms with Crippen molar-refractivity contribution in [3.8, 4) is 0 Å². The van der Waals surface area contributed by atoms with Crippen LogP contribution in [-0.4, -0.2) is 0 Å². The summed E-state index contributed by atoms with van der Waals surface area (Å²) in [6.45, 7) is 4.00. The Morgan fingerprint density at radius 1 is 1.00 bits per heavy atom. The van der Waals surface area contributed by atoms with Crippen molar-refractivity contribution >= 4 is 0 Å². The molecule has 0 aliphatic rings. The van der Waals surface area contributed by atoms with Gasteiger partial charge in [-0.15, -0.1) is 0 Å². The number of hydrogen-bond donors (Lipinski definition) is 0. The largest absolute Gasteiger partial charge is 0.0683 e. The monoisotopic (exact) mass is 159 g/mol. The maximum atomic E-state index is 2.00. The first-order valence-corrected chi connectivity index (χ1v) is 1.00. The van der Waals surface area contributed by atoms with Crippen molar-refractivity contribution in [2.24, 2.45) is 0 Å². The Morgan fingerprint density at radius 3 is 1.00 bits per heavy atom. The van der Waals surface area contributed by atoms with Crippen LogP contribution in [0.25, 0.3) is 0 Å². The molecule has 2 heteroatoms. The van der Waals surface area contributed by atoms with E-state index in [1.165, 1.54) is 0 Å². The van der Waals surface area contributed by atoms with Crippen molar-refractivity contribution in [2.45, 2.75) is 13.8 Å². The van der Waals surface area contributed by atoms with E-state index in [-0.39, 0.29) is 70.4 Å². The first-order valence-electron chi connectivity index (χ1n) is 1.00. The van der Waals surface area contributed by atoms with E-state index >= 15 is 0 Å². The molecule has 0 N–H and O–H groups in total. The molecule has 0 unspecified atom stereocenters. The van der Waals surface area contributed by atoms with Crippen molar-refractivity contribution in [1.29, 1.82) is 0 Å². The molecule has 0 bridgehead atoms. The van der Waals surface area contributed by atoms with Gasteiger partial charge in [0.25, 0.3) is 0 Å². The van der Waals surface area contributed by atoms with E-state index in [0.717, 1.165) is 0 Å². The van der Waals surface area contributed by atoms with Gasteiger partial charge in [0, 0.05) is 70.4 Å². The Morgan fingerprint density at radius 2 is 1.00 bits per heavy atom. The summed E-state index contributed by atoms with van der Waals surface area (Å²) in [5.74, 6) is 0. The average Bonchev–Trinajstić information content (AvgIpc) is 1.00. The van der Waals surface area contributed by atoms with Crippen LogP contribution in [0.2, 0.25) is 0 Å². The van der Waals surface area contributed by atoms with E-state index in [9.17, 15) is 0 Å². The molecule has 0 saturated carbocycles. The molecule has 0 aromatic heterocycles. The molecular formula is C2H6ArY. The second kappa shape index (κ2) is 18.3. The van der Waals surface area contributed by atoms with Crippen LogP contribution in [0.3, 0.4) is 0 Å². The van der Waals surface area contributed by atoms with Gasteiger partial charge in [0.15, 0.2) is 0 Å². The Hall–Kier alpha value is 2.36. The van der Waals surface area contributed by atoms with Crippen LogP contribution in [-0.2, 0) is 32.7 Å². The molecule has 1 radical (unpaired) electrons. The van der Waals surface area contributed by atoms with Crippen molar-refractivity contribution < 1.29 is 70.4 Å². The molecule has 0 rings (SSSR count). The fourth-order valence-corrected chi connectivity index (χ4v) is 0. The molecule has 0 aromatic carbocycles. The minimum absolute atomic E-state index is 0. The molecule has 0 saturated heterocycles. The molecule has 0 aliphatic heterocycles. The molecule has 0 aromatic rings. The maximum Gasteiger partial charge on any atom is 0 e. The SMILES string of the molecule is CC.[Ar].[Y]. The van der Waals surface area contributed by atoms with Gasteiger partial charge in [-0.2, -0.15) is 0 Å². The number of rotatable bonds is 0. The van der Waals surface area contributed by atoms with Gasteiger partial charge < -0.3 is 0 Å². The summed E-state index contributed by atoms with van der Waals surface area (Å²) in [6.07, 6.45) is 0. The second-order valence-corrected chi connectivity index (χ2v) is 0. The maximum absolute atomic E-state index is 2.00. The minimum atomic E-state index is 0. The third-order valence-electron chi connectivity index (χ3n) is 0. The van der Waals surface area contributed by atoms with Crippen LogP contribution in [0.1, 0.15) is 13.8 Å². The predicted molar refractivity (Wildman–Crippen MR) is 11.3 cm³/mol. The Kier molecular flexibility index (Phi) is 74.0. The van der Waals surface area contributed by atoms with Crippen molar-refractivity contribution in [3.05, 3.63) is 0 Å². The average molecular weight is 159 g/mol. The first-order chi connectivity index (χ1) is 1.00. The van der Waals surface area contributed by atoms with Crippen LogP contribution >= 0.6 is 0 Å². The molecule has 25 valence electrons. The third kappa shape index (κ3) is 8.84. The van der Waals surface area contributed by atoms with Crippen LogP contribution < -0.4 is 0 Å². The fourth-order valence-electron chi connectivity index (χ4n) is 0. The number of hydrogen-bond acceptors (Lipinski definition) is 0. The van der Waals surface area contributed by atoms with Gasteiger partial charge >= 0.3 is 0 Å². The van der Waals surface area contributed by atoms with E-state index in [0.29, 0.717) is 0 Å². The molecule has 0 fully saturated rings. The summed E-state index contributed by atoms with van der Waals surface area (Å²) in [5.41, 5.74) is 0. The predicted octanol–water partition coefficient (Wildman–Crippen LogP) is 1.02. The standard InChI is InChI=1S/C2H6.Ar.Y/c1-2;;/h1-2H3;;. The normalized spacial score (nSPS) is 1.50. The summed E-state index contributed by atoms with van der Waals surface area (Å²) < 4.78 is 0. The summed E-state index contributed by atoms with van der Waals surface area (Å²) >= 11 is 0. The molecule has 0 spiro atoms. The minimum Gasteiger partial charge on any atom is -0.0683 e. The summed E-state index contributed by atoms with van der Waals surface area (Å²) in [7, 11) is 0. The van der Waals surface area contributed by atoms with Crippen molar-refractivity contribution in [2.75, 3.05) is 0 Å². The van der Waals surface area contributed by atoms with Gasteiger partial charge in [-0.25, -0.2) is 0 Å². The third-order valence-corrected chi connectivity index (χ3v) is 0. The van der Waals surface area contributed by atoms with E-state index in [1.54, 1.807) is 0 Å². The van der Waals surface area contributed by atoms with Gasteiger partial charge in [0.1, 0.15) is 0 Å². The van der Waals surface area contributed by atoms with E-state index < -0.39 is 0 Å².